The first kappa shape index (κ1) is 15.1. The third-order valence-electron chi connectivity index (χ3n) is 2.93. The topological polar surface area (TPSA) is 103 Å². The molecule has 0 aliphatic heterocycles. The molecule has 0 aliphatic carbocycles. The molecule has 0 unspecified atom stereocenters. The molecule has 2 N–H and O–H groups in total. The van der Waals surface area contributed by atoms with Crippen molar-refractivity contribution in [3.05, 3.63) is 53.3 Å². The zero-order valence-corrected chi connectivity index (χ0v) is 11.7. The van der Waals surface area contributed by atoms with Gasteiger partial charge in [0.05, 0.1) is 5.56 Å². The van der Waals surface area contributed by atoms with E-state index in [1.165, 1.54) is 19.2 Å². The van der Waals surface area contributed by atoms with Crippen molar-refractivity contribution in [2.24, 2.45) is 0 Å². The maximum absolute atomic E-state index is 11.4. The summed E-state index contributed by atoms with van der Waals surface area (Å²) < 4.78 is 5.52. The van der Waals surface area contributed by atoms with Gasteiger partial charge in [-0.1, -0.05) is 18.2 Å². The minimum Gasteiger partial charge on any atom is -0.478 e. The van der Waals surface area contributed by atoms with Gasteiger partial charge in [-0.2, -0.15) is 5.26 Å². The van der Waals surface area contributed by atoms with Gasteiger partial charge < -0.3 is 14.8 Å². The molecule has 1 amide bonds. The molecule has 0 fully saturated rings. The summed E-state index contributed by atoms with van der Waals surface area (Å²) in [7, 11) is 1.42. The van der Waals surface area contributed by atoms with E-state index in [1.54, 1.807) is 36.4 Å². The first-order valence-electron chi connectivity index (χ1n) is 6.33. The Morgan fingerprint density at radius 2 is 2.00 bits per heavy atom. The number of carbonyl (C=O) groups excluding carboxylic acids is 1. The second kappa shape index (κ2) is 6.41. The van der Waals surface area contributed by atoms with Crippen LogP contribution in [0.3, 0.4) is 0 Å². The fraction of sp³-hybridized carbons (Fsp3) is 0.0625. The molecule has 0 saturated carbocycles. The fourth-order valence-corrected chi connectivity index (χ4v) is 1.89. The van der Waals surface area contributed by atoms with Crippen molar-refractivity contribution in [2.45, 2.75) is 0 Å². The number of carbonyl (C=O) groups is 2. The molecule has 1 aromatic carbocycles. The van der Waals surface area contributed by atoms with Gasteiger partial charge in [-0.15, -0.1) is 0 Å². The summed E-state index contributed by atoms with van der Waals surface area (Å²) >= 11 is 0. The van der Waals surface area contributed by atoms with E-state index in [2.05, 4.69) is 5.32 Å². The Kier molecular flexibility index (Phi) is 4.39. The molecule has 110 valence electrons. The summed E-state index contributed by atoms with van der Waals surface area (Å²) in [5.41, 5.74) is 0.433. The standard InChI is InChI=1S/C16H12N2O4/c1-18-15(19)10(9-17)8-11-6-7-14(22-11)12-4-2-3-5-13(12)16(20)21/h2-8H,1H3,(H,18,19)(H,20,21). The number of nitriles is 1. The van der Waals surface area contributed by atoms with Crippen LogP contribution in [0, 0.1) is 11.3 Å². The van der Waals surface area contributed by atoms with Gasteiger partial charge in [0.1, 0.15) is 23.2 Å². The van der Waals surface area contributed by atoms with Crippen molar-refractivity contribution in [3.8, 4) is 17.4 Å². The molecule has 2 rings (SSSR count). The number of nitrogens with zero attached hydrogens (tertiary/aromatic N) is 1. The van der Waals surface area contributed by atoms with Crippen molar-refractivity contribution >= 4 is 18.0 Å². The molecule has 0 spiro atoms. The number of carboxylic acids is 1. The predicted molar refractivity (Wildman–Crippen MR) is 78.8 cm³/mol. The van der Waals surface area contributed by atoms with E-state index in [1.807, 2.05) is 0 Å². The molecule has 0 saturated heterocycles. The van der Waals surface area contributed by atoms with Crippen LogP contribution in [0.15, 0.2) is 46.4 Å². The van der Waals surface area contributed by atoms with Gasteiger partial charge in [-0.3, -0.25) is 4.79 Å². The number of nitrogens with one attached hydrogen (secondary N) is 1. The maximum atomic E-state index is 11.4. The van der Waals surface area contributed by atoms with Gasteiger partial charge in [0.25, 0.3) is 5.91 Å². The smallest absolute Gasteiger partial charge is 0.336 e. The number of aromatic carboxylic acids is 1. The van der Waals surface area contributed by atoms with E-state index >= 15 is 0 Å². The van der Waals surface area contributed by atoms with Crippen LogP contribution in [0.4, 0.5) is 0 Å². The highest BCUT2D eigenvalue weighted by Crippen LogP contribution is 2.26. The van der Waals surface area contributed by atoms with Crippen LogP contribution in [0.1, 0.15) is 16.1 Å². The number of rotatable bonds is 4. The lowest BCUT2D eigenvalue weighted by molar-refractivity contribution is -0.116. The monoisotopic (exact) mass is 296 g/mol. The SMILES string of the molecule is CNC(=O)C(C#N)=Cc1ccc(-c2ccccc2C(=O)O)o1. The number of likely N-dealkylation sites (N-methyl/N-ethyl adjacent to an activating group) is 1. The highest BCUT2D eigenvalue weighted by atomic mass is 16.4. The van der Waals surface area contributed by atoms with Gasteiger partial charge in [-0.05, 0) is 18.2 Å². The van der Waals surface area contributed by atoms with E-state index < -0.39 is 11.9 Å². The Labute approximate surface area is 126 Å². The quantitative estimate of drug-likeness (QED) is 0.665. The lowest BCUT2D eigenvalue weighted by Gasteiger charge is -2.02. The zero-order valence-electron chi connectivity index (χ0n) is 11.7. The summed E-state index contributed by atoms with van der Waals surface area (Å²) in [5.74, 6) is -0.952. The normalized spacial score (nSPS) is 10.8. The molecule has 2 aromatic rings. The Bertz CT molecular complexity index is 796. The minimum atomic E-state index is -1.06. The third-order valence-corrected chi connectivity index (χ3v) is 2.93. The highest BCUT2D eigenvalue weighted by Gasteiger charge is 2.14. The Hall–Kier alpha value is -3.33. The van der Waals surface area contributed by atoms with Crippen LogP contribution in [0.25, 0.3) is 17.4 Å². The van der Waals surface area contributed by atoms with E-state index in [0.29, 0.717) is 11.3 Å². The lowest BCUT2D eigenvalue weighted by Crippen LogP contribution is -2.18. The van der Waals surface area contributed by atoms with Crippen molar-refractivity contribution in [1.82, 2.24) is 5.32 Å². The highest BCUT2D eigenvalue weighted by molar-refractivity contribution is 6.01. The van der Waals surface area contributed by atoms with Crippen LogP contribution in [0.2, 0.25) is 0 Å². The van der Waals surface area contributed by atoms with E-state index in [-0.39, 0.29) is 16.9 Å². The van der Waals surface area contributed by atoms with E-state index in [4.69, 9.17) is 9.68 Å². The fourth-order valence-electron chi connectivity index (χ4n) is 1.89. The number of hydrogen-bond acceptors (Lipinski definition) is 4. The largest absolute Gasteiger partial charge is 0.478 e. The molecule has 0 aliphatic rings. The zero-order chi connectivity index (χ0) is 16.1. The molecular weight excluding hydrogens is 284 g/mol. The van der Waals surface area contributed by atoms with Crippen molar-refractivity contribution in [2.75, 3.05) is 7.05 Å². The Morgan fingerprint density at radius 3 is 2.64 bits per heavy atom. The summed E-state index contributed by atoms with van der Waals surface area (Å²) in [6, 6.07) is 11.3. The van der Waals surface area contributed by atoms with E-state index in [0.717, 1.165) is 0 Å². The molecular formula is C16H12N2O4. The summed E-state index contributed by atoms with van der Waals surface area (Å²) in [6.07, 6.45) is 1.30. The molecule has 0 bridgehead atoms. The van der Waals surface area contributed by atoms with Crippen molar-refractivity contribution in [1.29, 1.82) is 5.26 Å². The summed E-state index contributed by atoms with van der Waals surface area (Å²) in [6.45, 7) is 0. The first-order chi connectivity index (χ1) is 10.6. The van der Waals surface area contributed by atoms with Crippen molar-refractivity contribution < 1.29 is 19.1 Å². The molecule has 1 aromatic heterocycles. The number of benzene rings is 1. The van der Waals surface area contributed by atoms with E-state index in [9.17, 15) is 14.7 Å². The average Bonchev–Trinajstić information content (AvgIpc) is 3.00. The number of furan rings is 1. The summed E-state index contributed by atoms with van der Waals surface area (Å²) in [5, 5.41) is 20.5. The number of amides is 1. The molecule has 1 heterocycles. The first-order valence-corrected chi connectivity index (χ1v) is 6.33. The number of hydrogen-bond donors (Lipinski definition) is 2. The molecule has 6 nitrogen and oxygen atoms in total. The predicted octanol–water partition coefficient (Wildman–Crippen LogP) is 2.30. The second-order valence-corrected chi connectivity index (χ2v) is 4.30. The minimum absolute atomic E-state index is 0.102. The van der Waals surface area contributed by atoms with Gasteiger partial charge in [0.2, 0.25) is 0 Å². The van der Waals surface area contributed by atoms with Crippen LogP contribution in [-0.4, -0.2) is 24.0 Å². The Balaban J connectivity index is 2.42. The van der Waals surface area contributed by atoms with Gasteiger partial charge >= 0.3 is 5.97 Å². The van der Waals surface area contributed by atoms with Crippen LogP contribution in [-0.2, 0) is 4.79 Å². The molecule has 0 radical (unpaired) electrons. The van der Waals surface area contributed by atoms with Gasteiger partial charge in [0.15, 0.2) is 0 Å². The van der Waals surface area contributed by atoms with Gasteiger partial charge in [0, 0.05) is 18.7 Å². The third kappa shape index (κ3) is 3.04. The average molecular weight is 296 g/mol. The van der Waals surface area contributed by atoms with Crippen LogP contribution < -0.4 is 5.32 Å². The molecule has 6 heteroatoms. The number of carboxylic acid groups (broad SMARTS) is 1. The maximum Gasteiger partial charge on any atom is 0.336 e. The molecule has 22 heavy (non-hydrogen) atoms. The lowest BCUT2D eigenvalue weighted by atomic mass is 10.1. The van der Waals surface area contributed by atoms with Crippen molar-refractivity contribution in [3.63, 3.8) is 0 Å². The summed E-state index contributed by atoms with van der Waals surface area (Å²) in [4.78, 5) is 22.7. The Morgan fingerprint density at radius 1 is 1.27 bits per heavy atom. The van der Waals surface area contributed by atoms with Crippen LogP contribution >= 0.6 is 0 Å². The van der Waals surface area contributed by atoms with Crippen LogP contribution in [0.5, 0.6) is 0 Å². The second-order valence-electron chi connectivity index (χ2n) is 4.30. The molecule has 0 atom stereocenters. The van der Waals surface area contributed by atoms with Gasteiger partial charge in [-0.25, -0.2) is 4.79 Å².